The molecule has 2 aromatic heterocycles. The highest BCUT2D eigenvalue weighted by Crippen LogP contribution is 2.37. The van der Waals surface area contributed by atoms with Gasteiger partial charge in [-0.05, 0) is 60.6 Å². The summed E-state index contributed by atoms with van der Waals surface area (Å²) in [5.41, 5.74) is 1.00. The minimum Gasteiger partial charge on any atom is -0.357 e. The molecule has 8 nitrogen and oxygen atoms in total. The van der Waals surface area contributed by atoms with Crippen LogP contribution in [-0.2, 0) is 11.3 Å². The average molecular weight is 402 g/mol. The zero-order valence-corrected chi connectivity index (χ0v) is 17.2. The van der Waals surface area contributed by atoms with Crippen LogP contribution in [0.1, 0.15) is 51.1 Å². The molecule has 1 saturated carbocycles. The summed E-state index contributed by atoms with van der Waals surface area (Å²) >= 11 is 1.40. The van der Waals surface area contributed by atoms with Crippen LogP contribution in [0.15, 0.2) is 23.5 Å². The molecule has 0 aromatic carbocycles. The van der Waals surface area contributed by atoms with Gasteiger partial charge in [0, 0.05) is 25.8 Å². The summed E-state index contributed by atoms with van der Waals surface area (Å²) in [4.78, 5) is 19.4. The second-order valence-corrected chi connectivity index (χ2v) is 9.12. The maximum atomic E-state index is 12.4. The Balaban J connectivity index is 1.26. The molecule has 1 N–H and O–H groups in total. The number of anilines is 1. The lowest BCUT2D eigenvalue weighted by Crippen LogP contribution is -2.33. The lowest BCUT2D eigenvalue weighted by Gasteiger charge is -2.31. The van der Waals surface area contributed by atoms with Crippen molar-refractivity contribution in [2.24, 2.45) is 5.92 Å². The van der Waals surface area contributed by atoms with Gasteiger partial charge >= 0.3 is 0 Å². The van der Waals surface area contributed by atoms with Gasteiger partial charge in [0.25, 0.3) is 0 Å². The lowest BCUT2D eigenvalue weighted by atomic mass is 9.99. The van der Waals surface area contributed by atoms with E-state index in [0.29, 0.717) is 17.7 Å². The first-order chi connectivity index (χ1) is 13.6. The van der Waals surface area contributed by atoms with Crippen molar-refractivity contribution in [1.29, 1.82) is 0 Å². The van der Waals surface area contributed by atoms with Gasteiger partial charge in [0.15, 0.2) is 0 Å². The average Bonchev–Trinajstić information content (AvgIpc) is 3.46. The number of carbonyl (C=O) groups excluding carboxylic acids is 1. The third kappa shape index (κ3) is 4.63. The number of hydrogen-bond donors (Lipinski definition) is 1. The van der Waals surface area contributed by atoms with Crippen LogP contribution in [0.4, 0.5) is 5.82 Å². The highest BCUT2D eigenvalue weighted by molar-refractivity contribution is 8.00. The van der Waals surface area contributed by atoms with Gasteiger partial charge in [-0.15, -0.1) is 5.10 Å². The minimum atomic E-state index is -0.258. The summed E-state index contributed by atoms with van der Waals surface area (Å²) in [7, 11) is 0. The van der Waals surface area contributed by atoms with Crippen molar-refractivity contribution in [2.45, 2.75) is 62.5 Å². The van der Waals surface area contributed by atoms with E-state index >= 15 is 0 Å². The van der Waals surface area contributed by atoms with Crippen LogP contribution < -0.4 is 10.2 Å². The molecule has 0 radical (unpaired) electrons. The van der Waals surface area contributed by atoms with Crippen molar-refractivity contribution in [2.75, 3.05) is 18.0 Å². The molecule has 1 amide bonds. The number of rotatable bonds is 7. The van der Waals surface area contributed by atoms with E-state index in [1.807, 2.05) is 23.9 Å². The van der Waals surface area contributed by atoms with Crippen molar-refractivity contribution in [1.82, 2.24) is 30.5 Å². The number of aromatic nitrogens is 5. The Labute approximate surface area is 169 Å². The predicted octanol–water partition coefficient (Wildman–Crippen LogP) is 2.44. The van der Waals surface area contributed by atoms with Crippen molar-refractivity contribution in [3.63, 3.8) is 0 Å². The first-order valence-electron chi connectivity index (χ1n) is 10.0. The smallest absolute Gasteiger partial charge is 0.233 e. The second-order valence-electron chi connectivity index (χ2n) is 7.81. The van der Waals surface area contributed by atoms with Crippen LogP contribution in [0, 0.1) is 5.92 Å². The zero-order chi connectivity index (χ0) is 19.5. The van der Waals surface area contributed by atoms with Crippen LogP contribution in [0.2, 0.25) is 0 Å². The van der Waals surface area contributed by atoms with E-state index in [9.17, 15) is 4.79 Å². The number of tetrazole rings is 1. The molecule has 1 aliphatic carbocycles. The number of pyridine rings is 1. The van der Waals surface area contributed by atoms with E-state index in [0.717, 1.165) is 43.2 Å². The van der Waals surface area contributed by atoms with E-state index in [1.165, 1.54) is 24.6 Å². The van der Waals surface area contributed by atoms with Crippen LogP contribution in [0.25, 0.3) is 0 Å². The van der Waals surface area contributed by atoms with Crippen LogP contribution in [0.5, 0.6) is 0 Å². The summed E-state index contributed by atoms with van der Waals surface area (Å²) in [6.45, 7) is 6.80. The Morgan fingerprint density at radius 1 is 1.29 bits per heavy atom. The number of amides is 1. The molecule has 4 rings (SSSR count). The molecule has 28 heavy (non-hydrogen) atoms. The van der Waals surface area contributed by atoms with Crippen LogP contribution in [0.3, 0.4) is 0 Å². The summed E-state index contributed by atoms with van der Waals surface area (Å²) in [6, 6.07) is 4.51. The van der Waals surface area contributed by atoms with E-state index in [2.05, 4.69) is 43.7 Å². The molecule has 9 heteroatoms. The van der Waals surface area contributed by atoms with Gasteiger partial charge < -0.3 is 10.2 Å². The fraction of sp³-hybridized carbons (Fsp3) is 0.632. The Hall–Kier alpha value is -2.16. The van der Waals surface area contributed by atoms with Crippen LogP contribution >= 0.6 is 11.8 Å². The highest BCUT2D eigenvalue weighted by Gasteiger charge is 2.29. The number of thioether (sulfide) groups is 1. The molecule has 1 atom stereocenters. The lowest BCUT2D eigenvalue weighted by molar-refractivity contribution is -0.120. The normalized spacial score (nSPS) is 18.9. The molecular weight excluding hydrogens is 374 g/mol. The number of hydrogen-bond acceptors (Lipinski definition) is 7. The Bertz CT molecular complexity index is 797. The van der Waals surface area contributed by atoms with Gasteiger partial charge in [-0.25, -0.2) is 9.67 Å². The quantitative estimate of drug-likeness (QED) is 0.713. The van der Waals surface area contributed by atoms with E-state index in [4.69, 9.17) is 0 Å². The first-order valence-corrected chi connectivity index (χ1v) is 10.9. The van der Waals surface area contributed by atoms with E-state index < -0.39 is 0 Å². The topological polar surface area (TPSA) is 88.8 Å². The van der Waals surface area contributed by atoms with Gasteiger partial charge in [-0.2, -0.15) is 0 Å². The number of nitrogens with zero attached hydrogens (tertiary/aromatic N) is 6. The second kappa shape index (κ2) is 8.46. The molecule has 2 aliphatic rings. The van der Waals surface area contributed by atoms with Crippen molar-refractivity contribution < 1.29 is 4.79 Å². The Morgan fingerprint density at radius 2 is 2.07 bits per heavy atom. The SMILES string of the molecule is CC1CCN(c2ccc(CNC(=O)C(C)Sc3nnnn3C3CC3)cn2)CC1. The zero-order valence-electron chi connectivity index (χ0n) is 16.4. The third-order valence-electron chi connectivity index (χ3n) is 5.39. The molecule has 1 saturated heterocycles. The molecule has 2 aromatic rings. The Morgan fingerprint density at radius 3 is 2.75 bits per heavy atom. The molecule has 0 bridgehead atoms. The van der Waals surface area contributed by atoms with E-state index in [1.54, 1.807) is 0 Å². The largest absolute Gasteiger partial charge is 0.357 e. The fourth-order valence-corrected chi connectivity index (χ4v) is 4.19. The molecule has 1 aliphatic heterocycles. The molecular formula is C19H27N7OS. The van der Waals surface area contributed by atoms with Crippen LogP contribution in [-0.4, -0.2) is 49.4 Å². The van der Waals surface area contributed by atoms with Crippen molar-refractivity contribution >= 4 is 23.5 Å². The summed E-state index contributed by atoms with van der Waals surface area (Å²) in [5.74, 6) is 1.81. The van der Waals surface area contributed by atoms with Gasteiger partial charge in [-0.3, -0.25) is 4.79 Å². The minimum absolute atomic E-state index is 0.0237. The molecule has 1 unspecified atom stereocenters. The summed E-state index contributed by atoms with van der Waals surface area (Å²) < 4.78 is 1.83. The maximum absolute atomic E-state index is 12.4. The molecule has 3 heterocycles. The number of piperidine rings is 1. The number of nitrogens with one attached hydrogen (secondary N) is 1. The third-order valence-corrected chi connectivity index (χ3v) is 6.44. The molecule has 2 fully saturated rings. The molecule has 150 valence electrons. The first kappa shape index (κ1) is 19.2. The fourth-order valence-electron chi connectivity index (χ4n) is 3.30. The van der Waals surface area contributed by atoms with Gasteiger partial charge in [-0.1, -0.05) is 24.8 Å². The van der Waals surface area contributed by atoms with Gasteiger partial charge in [0.2, 0.25) is 11.1 Å². The van der Waals surface area contributed by atoms with E-state index in [-0.39, 0.29) is 11.2 Å². The van der Waals surface area contributed by atoms with Gasteiger partial charge in [0.1, 0.15) is 5.82 Å². The standard InChI is InChI=1S/C19H27N7OS/c1-13-7-9-25(10-8-13)17-6-3-15(11-20-17)12-21-18(27)14(2)28-19-22-23-24-26(19)16-4-5-16/h3,6,11,13-14,16H,4-5,7-10,12H2,1-2H3,(H,21,27). The summed E-state index contributed by atoms with van der Waals surface area (Å²) in [6.07, 6.45) is 6.52. The summed E-state index contributed by atoms with van der Waals surface area (Å²) in [5, 5.41) is 15.3. The van der Waals surface area contributed by atoms with Gasteiger partial charge in [0.05, 0.1) is 11.3 Å². The van der Waals surface area contributed by atoms with Crippen molar-refractivity contribution in [3.05, 3.63) is 23.9 Å². The molecule has 0 spiro atoms. The number of carbonyl (C=O) groups is 1. The van der Waals surface area contributed by atoms with Crippen molar-refractivity contribution in [3.8, 4) is 0 Å². The monoisotopic (exact) mass is 401 g/mol. The maximum Gasteiger partial charge on any atom is 0.233 e. The Kier molecular flexibility index (Phi) is 5.79. The predicted molar refractivity (Wildman–Crippen MR) is 108 cm³/mol. The highest BCUT2D eigenvalue weighted by atomic mass is 32.2.